The fraction of sp³-hybridized carbons (Fsp3) is 0. The summed E-state index contributed by atoms with van der Waals surface area (Å²) in [6.07, 6.45) is 0. The average molecular weight is 448 g/mol. The van der Waals surface area contributed by atoms with Crippen LogP contribution in [0.2, 0.25) is 15.2 Å². The minimum absolute atomic E-state index is 0.245. The van der Waals surface area contributed by atoms with Crippen LogP contribution in [0.5, 0.6) is 0 Å². The smallest absolute Gasteiger partial charge is 0.249 e. The monoisotopic (exact) mass is 446 g/mol. The first-order valence-corrected chi connectivity index (χ1v) is 10.1. The normalized spacial score (nSPS) is 11.4. The lowest BCUT2D eigenvalue weighted by Crippen LogP contribution is -1.99. The quantitative estimate of drug-likeness (QED) is 0.362. The molecular formula is C18H9Cl3N6S. The zero-order valence-electron chi connectivity index (χ0n) is 13.9. The number of benzene rings is 2. The van der Waals surface area contributed by atoms with Crippen LogP contribution >= 0.6 is 46.1 Å². The lowest BCUT2D eigenvalue weighted by Gasteiger charge is -2.05. The van der Waals surface area contributed by atoms with E-state index in [4.69, 9.17) is 34.8 Å². The molecular weight excluding hydrogens is 439 g/mol. The summed E-state index contributed by atoms with van der Waals surface area (Å²) in [4.78, 5) is 14.0. The van der Waals surface area contributed by atoms with Crippen molar-refractivity contribution in [2.24, 2.45) is 0 Å². The molecule has 6 nitrogen and oxygen atoms in total. The van der Waals surface area contributed by atoms with Crippen molar-refractivity contribution in [3.8, 4) is 11.3 Å². The predicted molar refractivity (Wildman–Crippen MR) is 114 cm³/mol. The zero-order valence-corrected chi connectivity index (χ0v) is 17.0. The lowest BCUT2D eigenvalue weighted by molar-refractivity contribution is 0.987. The van der Waals surface area contributed by atoms with Crippen molar-refractivity contribution in [3.63, 3.8) is 0 Å². The third-order valence-electron chi connectivity index (χ3n) is 4.04. The first-order valence-electron chi connectivity index (χ1n) is 8.07. The summed E-state index contributed by atoms with van der Waals surface area (Å²) in [5.74, 6) is 0.749. The van der Waals surface area contributed by atoms with Gasteiger partial charge in [-0.3, -0.25) is 0 Å². The van der Waals surface area contributed by atoms with E-state index in [1.165, 1.54) is 11.3 Å². The van der Waals surface area contributed by atoms with E-state index in [-0.39, 0.29) is 5.15 Å². The predicted octanol–water partition coefficient (Wildman–Crippen LogP) is 6.10. The minimum Gasteiger partial charge on any atom is -0.305 e. The van der Waals surface area contributed by atoms with Crippen molar-refractivity contribution < 1.29 is 0 Å². The van der Waals surface area contributed by atoms with E-state index in [2.05, 4.69) is 25.4 Å². The number of hydrogen-bond donors (Lipinski definition) is 1. The Morgan fingerprint density at radius 1 is 0.929 bits per heavy atom. The Bertz CT molecular complexity index is 1350. The maximum Gasteiger partial charge on any atom is 0.249 e. The summed E-state index contributed by atoms with van der Waals surface area (Å²) < 4.78 is 1.70. The molecule has 0 bridgehead atoms. The van der Waals surface area contributed by atoms with Gasteiger partial charge in [-0.25, -0.2) is 14.5 Å². The molecule has 0 aliphatic carbocycles. The molecule has 0 spiro atoms. The van der Waals surface area contributed by atoms with E-state index in [1.54, 1.807) is 22.7 Å². The SMILES string of the molecule is Clc1ccc(Cl)c(-c2csc3nc(Nc4nc5ccccc5nc4Cl)nn23)c1. The summed E-state index contributed by atoms with van der Waals surface area (Å²) in [6, 6.07) is 12.8. The zero-order chi connectivity index (χ0) is 19.3. The van der Waals surface area contributed by atoms with Gasteiger partial charge >= 0.3 is 0 Å². The lowest BCUT2D eigenvalue weighted by atomic mass is 10.2. The van der Waals surface area contributed by atoms with Crippen LogP contribution in [0.4, 0.5) is 11.8 Å². The Kier molecular flexibility index (Phi) is 4.32. The number of rotatable bonds is 3. The van der Waals surface area contributed by atoms with Crippen molar-refractivity contribution in [3.05, 3.63) is 63.0 Å². The second-order valence-electron chi connectivity index (χ2n) is 5.85. The molecule has 0 unspecified atom stereocenters. The van der Waals surface area contributed by atoms with Gasteiger partial charge in [0.15, 0.2) is 11.0 Å². The molecule has 0 saturated heterocycles. The summed E-state index contributed by atoms with van der Waals surface area (Å²) >= 11 is 20.2. The van der Waals surface area contributed by atoms with Crippen molar-refractivity contribution in [1.82, 2.24) is 24.6 Å². The molecule has 10 heteroatoms. The molecule has 0 amide bonds. The standard InChI is InChI=1S/C18H9Cl3N6S/c19-9-5-6-11(20)10(7-9)14-8-28-18-25-17(26-27(14)18)24-16-15(21)22-12-3-1-2-4-13(12)23-16/h1-8H,(H,23,24,26). The largest absolute Gasteiger partial charge is 0.305 e. The number of nitrogens with one attached hydrogen (secondary N) is 1. The number of anilines is 2. The van der Waals surface area contributed by atoms with Gasteiger partial charge in [-0.1, -0.05) is 46.9 Å². The molecule has 138 valence electrons. The van der Waals surface area contributed by atoms with Crippen LogP contribution in [0, 0.1) is 0 Å². The van der Waals surface area contributed by atoms with Crippen molar-refractivity contribution in [2.75, 3.05) is 5.32 Å². The highest BCUT2D eigenvalue weighted by Crippen LogP contribution is 2.33. The Morgan fingerprint density at radius 3 is 2.54 bits per heavy atom. The van der Waals surface area contributed by atoms with Gasteiger partial charge in [0, 0.05) is 16.0 Å². The van der Waals surface area contributed by atoms with E-state index < -0.39 is 0 Å². The highest BCUT2D eigenvalue weighted by atomic mass is 35.5. The van der Waals surface area contributed by atoms with Crippen LogP contribution in [0.1, 0.15) is 0 Å². The van der Waals surface area contributed by atoms with Gasteiger partial charge in [0.1, 0.15) is 0 Å². The van der Waals surface area contributed by atoms with E-state index in [0.717, 1.165) is 22.3 Å². The molecule has 5 rings (SSSR count). The number of hydrogen-bond acceptors (Lipinski definition) is 6. The van der Waals surface area contributed by atoms with E-state index in [0.29, 0.717) is 26.8 Å². The number of thiazole rings is 1. The molecule has 0 fully saturated rings. The van der Waals surface area contributed by atoms with Crippen molar-refractivity contribution in [2.45, 2.75) is 0 Å². The maximum atomic E-state index is 6.33. The van der Waals surface area contributed by atoms with Crippen LogP contribution < -0.4 is 5.32 Å². The van der Waals surface area contributed by atoms with Crippen molar-refractivity contribution in [1.29, 1.82) is 0 Å². The van der Waals surface area contributed by atoms with Crippen LogP contribution in [-0.4, -0.2) is 24.6 Å². The summed E-state index contributed by atoms with van der Waals surface area (Å²) in [5, 5.41) is 10.9. The molecule has 5 aromatic rings. The molecule has 0 atom stereocenters. The van der Waals surface area contributed by atoms with Gasteiger partial charge < -0.3 is 5.32 Å². The van der Waals surface area contributed by atoms with Gasteiger partial charge in [-0.2, -0.15) is 4.98 Å². The van der Waals surface area contributed by atoms with E-state index in [9.17, 15) is 0 Å². The average Bonchev–Trinajstić information content (AvgIpc) is 3.24. The van der Waals surface area contributed by atoms with Gasteiger partial charge in [0.05, 0.1) is 21.7 Å². The maximum absolute atomic E-state index is 6.33. The van der Waals surface area contributed by atoms with Crippen molar-refractivity contribution >= 4 is 73.9 Å². The molecule has 3 aromatic heterocycles. The summed E-state index contributed by atoms with van der Waals surface area (Å²) in [5.41, 5.74) is 3.01. The summed E-state index contributed by atoms with van der Waals surface area (Å²) in [7, 11) is 0. The first-order chi connectivity index (χ1) is 13.6. The van der Waals surface area contributed by atoms with E-state index in [1.807, 2.05) is 29.6 Å². The number of fused-ring (bicyclic) bond motifs is 2. The molecule has 0 saturated carbocycles. The van der Waals surface area contributed by atoms with Gasteiger partial charge in [0.25, 0.3) is 0 Å². The molecule has 3 heterocycles. The fourth-order valence-electron chi connectivity index (χ4n) is 2.78. The number of aromatic nitrogens is 5. The van der Waals surface area contributed by atoms with Crippen LogP contribution in [0.3, 0.4) is 0 Å². The minimum atomic E-state index is 0.245. The van der Waals surface area contributed by atoms with Crippen LogP contribution in [-0.2, 0) is 0 Å². The Hall–Kier alpha value is -2.45. The van der Waals surface area contributed by atoms with Gasteiger partial charge in [-0.05, 0) is 30.3 Å². The van der Waals surface area contributed by atoms with Crippen LogP contribution in [0.25, 0.3) is 27.3 Å². The first kappa shape index (κ1) is 17.6. The Morgan fingerprint density at radius 2 is 1.71 bits per heavy atom. The third kappa shape index (κ3) is 3.06. The molecule has 0 radical (unpaired) electrons. The second kappa shape index (κ2) is 6.86. The molecule has 0 aliphatic heterocycles. The molecule has 1 N–H and O–H groups in total. The summed E-state index contributed by atoms with van der Waals surface area (Å²) in [6.45, 7) is 0. The molecule has 28 heavy (non-hydrogen) atoms. The topological polar surface area (TPSA) is 68.0 Å². The van der Waals surface area contributed by atoms with Gasteiger partial charge in [0.2, 0.25) is 10.9 Å². The Labute approximate surface area is 177 Å². The fourth-order valence-corrected chi connectivity index (χ4v) is 4.17. The highest BCUT2D eigenvalue weighted by Gasteiger charge is 2.16. The highest BCUT2D eigenvalue weighted by molar-refractivity contribution is 7.15. The second-order valence-corrected chi connectivity index (χ2v) is 7.89. The van der Waals surface area contributed by atoms with Crippen LogP contribution in [0.15, 0.2) is 47.8 Å². The van der Waals surface area contributed by atoms with E-state index >= 15 is 0 Å². The Balaban J connectivity index is 1.56. The third-order valence-corrected chi connectivity index (χ3v) is 5.69. The number of nitrogens with zero attached hydrogens (tertiary/aromatic N) is 5. The van der Waals surface area contributed by atoms with Gasteiger partial charge in [-0.15, -0.1) is 16.4 Å². The molecule has 0 aliphatic rings. The number of para-hydroxylation sites is 2. The molecule has 2 aromatic carbocycles. The number of halogens is 3.